The van der Waals surface area contributed by atoms with E-state index in [2.05, 4.69) is 10.3 Å². The van der Waals surface area contributed by atoms with Crippen LogP contribution in [0.3, 0.4) is 0 Å². The highest BCUT2D eigenvalue weighted by Crippen LogP contribution is 2.24. The number of aromatic nitrogens is 1. The maximum absolute atomic E-state index is 12.4. The topological polar surface area (TPSA) is 68.3 Å². The van der Waals surface area contributed by atoms with Gasteiger partial charge in [0.1, 0.15) is 4.88 Å². The summed E-state index contributed by atoms with van der Waals surface area (Å²) in [5.41, 5.74) is 0.463. The van der Waals surface area contributed by atoms with Crippen LogP contribution in [0.5, 0.6) is 0 Å². The normalized spacial score (nSPS) is 10.5. The summed E-state index contributed by atoms with van der Waals surface area (Å²) in [6.07, 6.45) is 2.18. The van der Waals surface area contributed by atoms with Crippen LogP contribution in [-0.2, 0) is 4.74 Å². The summed E-state index contributed by atoms with van der Waals surface area (Å²) >= 11 is 8.69. The van der Waals surface area contributed by atoms with Gasteiger partial charge in [-0.25, -0.2) is 9.78 Å². The van der Waals surface area contributed by atoms with Crippen LogP contribution < -0.4 is 5.32 Å². The van der Waals surface area contributed by atoms with Gasteiger partial charge in [0, 0.05) is 12.1 Å². The maximum Gasteiger partial charge on any atom is 0.348 e. The first kappa shape index (κ1) is 18.6. The molecular formula is C18H15ClN2O3S2. The van der Waals surface area contributed by atoms with E-state index in [1.165, 1.54) is 28.9 Å². The van der Waals surface area contributed by atoms with Crippen molar-refractivity contribution in [3.63, 3.8) is 0 Å². The first-order valence-corrected chi connectivity index (χ1v) is 9.92. The zero-order valence-electron chi connectivity index (χ0n) is 13.6. The number of ketones is 1. The summed E-state index contributed by atoms with van der Waals surface area (Å²) < 4.78 is 5.18. The largest absolute Gasteiger partial charge is 0.461 e. The molecule has 0 amide bonds. The second-order valence-electron chi connectivity index (χ2n) is 5.23. The van der Waals surface area contributed by atoms with Crippen molar-refractivity contribution >= 4 is 51.2 Å². The molecular weight excluding hydrogens is 392 g/mol. The van der Waals surface area contributed by atoms with E-state index in [-0.39, 0.29) is 11.8 Å². The SMILES string of the molecule is O=C(OCCCNc1ncc(C(=O)c2ccccc2Cl)s1)c1cccs1. The maximum atomic E-state index is 12.4. The van der Waals surface area contributed by atoms with Gasteiger partial charge in [-0.2, -0.15) is 0 Å². The predicted octanol–water partition coefficient (Wildman–Crippen LogP) is 4.75. The lowest BCUT2D eigenvalue weighted by Gasteiger charge is -2.04. The number of carbonyl (C=O) groups is 2. The van der Waals surface area contributed by atoms with E-state index in [0.29, 0.717) is 45.0 Å². The van der Waals surface area contributed by atoms with Crippen LogP contribution in [0.4, 0.5) is 5.13 Å². The van der Waals surface area contributed by atoms with Gasteiger partial charge < -0.3 is 10.1 Å². The number of hydrogen-bond donors (Lipinski definition) is 1. The molecule has 3 aromatic rings. The molecule has 2 aromatic heterocycles. The fraction of sp³-hybridized carbons (Fsp3) is 0.167. The molecule has 1 N–H and O–H groups in total. The van der Waals surface area contributed by atoms with Gasteiger partial charge in [0.2, 0.25) is 5.78 Å². The molecule has 0 radical (unpaired) electrons. The monoisotopic (exact) mass is 406 g/mol. The lowest BCUT2D eigenvalue weighted by Crippen LogP contribution is -2.09. The van der Waals surface area contributed by atoms with E-state index >= 15 is 0 Å². The highest BCUT2D eigenvalue weighted by atomic mass is 35.5. The van der Waals surface area contributed by atoms with Crippen LogP contribution in [0.25, 0.3) is 0 Å². The first-order valence-electron chi connectivity index (χ1n) is 7.84. The molecule has 0 fully saturated rings. The Bertz CT molecular complexity index is 893. The Balaban J connectivity index is 1.45. The smallest absolute Gasteiger partial charge is 0.348 e. The van der Waals surface area contributed by atoms with Crippen molar-refractivity contribution in [3.05, 3.63) is 68.3 Å². The molecule has 134 valence electrons. The third-order valence-electron chi connectivity index (χ3n) is 3.40. The lowest BCUT2D eigenvalue weighted by molar-refractivity contribution is 0.0509. The number of anilines is 1. The lowest BCUT2D eigenvalue weighted by atomic mass is 10.1. The molecule has 3 rings (SSSR count). The molecule has 0 aliphatic carbocycles. The molecule has 2 heterocycles. The number of ether oxygens (including phenoxy) is 1. The molecule has 0 aliphatic heterocycles. The summed E-state index contributed by atoms with van der Waals surface area (Å²) in [6, 6.07) is 10.5. The number of halogens is 1. The fourth-order valence-corrected chi connectivity index (χ4v) is 3.77. The highest BCUT2D eigenvalue weighted by molar-refractivity contribution is 7.17. The van der Waals surface area contributed by atoms with Crippen LogP contribution in [0, 0.1) is 0 Å². The number of nitrogens with zero attached hydrogens (tertiary/aromatic N) is 1. The van der Waals surface area contributed by atoms with Crippen molar-refractivity contribution < 1.29 is 14.3 Å². The van der Waals surface area contributed by atoms with Gasteiger partial charge in [-0.3, -0.25) is 4.79 Å². The van der Waals surface area contributed by atoms with Crippen molar-refractivity contribution in [2.24, 2.45) is 0 Å². The highest BCUT2D eigenvalue weighted by Gasteiger charge is 2.15. The fourth-order valence-electron chi connectivity index (χ4n) is 2.14. The average Bonchev–Trinajstić information content (AvgIpc) is 3.33. The number of thiophene rings is 1. The summed E-state index contributed by atoms with van der Waals surface area (Å²) in [4.78, 5) is 29.5. The van der Waals surface area contributed by atoms with E-state index in [1.54, 1.807) is 30.3 Å². The summed E-state index contributed by atoms with van der Waals surface area (Å²) in [5.74, 6) is -0.451. The van der Waals surface area contributed by atoms with Gasteiger partial charge in [0.05, 0.1) is 22.7 Å². The molecule has 0 saturated carbocycles. The molecule has 1 aromatic carbocycles. The van der Waals surface area contributed by atoms with Crippen molar-refractivity contribution in [1.82, 2.24) is 4.98 Å². The zero-order valence-corrected chi connectivity index (χ0v) is 16.0. The van der Waals surface area contributed by atoms with Gasteiger partial charge >= 0.3 is 5.97 Å². The Labute approximate surface area is 163 Å². The van der Waals surface area contributed by atoms with Gasteiger partial charge in [0.15, 0.2) is 5.13 Å². The Morgan fingerprint density at radius 1 is 1.15 bits per heavy atom. The van der Waals surface area contributed by atoms with E-state index in [1.807, 2.05) is 11.4 Å². The van der Waals surface area contributed by atoms with Crippen LogP contribution in [0.15, 0.2) is 48.0 Å². The van der Waals surface area contributed by atoms with Crippen molar-refractivity contribution in [2.45, 2.75) is 6.42 Å². The number of benzene rings is 1. The Kier molecular flexibility index (Phi) is 6.38. The van der Waals surface area contributed by atoms with Crippen molar-refractivity contribution in [3.8, 4) is 0 Å². The quantitative estimate of drug-likeness (QED) is 0.332. The number of carbonyl (C=O) groups excluding carboxylic acids is 2. The van der Waals surface area contributed by atoms with E-state index < -0.39 is 0 Å². The number of hydrogen-bond acceptors (Lipinski definition) is 7. The van der Waals surface area contributed by atoms with Crippen LogP contribution in [0.2, 0.25) is 5.02 Å². The molecule has 0 unspecified atom stereocenters. The molecule has 5 nitrogen and oxygen atoms in total. The van der Waals surface area contributed by atoms with E-state index in [4.69, 9.17) is 16.3 Å². The minimum Gasteiger partial charge on any atom is -0.461 e. The Morgan fingerprint density at radius 3 is 2.77 bits per heavy atom. The first-order chi connectivity index (χ1) is 12.6. The summed E-state index contributed by atoms with van der Waals surface area (Å²) in [6.45, 7) is 0.908. The van der Waals surface area contributed by atoms with E-state index in [9.17, 15) is 9.59 Å². The molecule has 0 spiro atoms. The van der Waals surface area contributed by atoms with Crippen molar-refractivity contribution in [2.75, 3.05) is 18.5 Å². The number of thiazole rings is 1. The Morgan fingerprint density at radius 2 is 2.00 bits per heavy atom. The molecule has 26 heavy (non-hydrogen) atoms. The standard InChI is InChI=1S/C18H15ClN2O3S2/c19-13-6-2-1-5-12(13)16(22)15-11-21-18(26-15)20-8-4-9-24-17(23)14-7-3-10-25-14/h1-3,5-7,10-11H,4,8-9H2,(H,20,21). The molecule has 0 bridgehead atoms. The zero-order chi connectivity index (χ0) is 18.4. The van der Waals surface area contributed by atoms with Crippen molar-refractivity contribution in [1.29, 1.82) is 0 Å². The minimum absolute atomic E-state index is 0.147. The third-order valence-corrected chi connectivity index (χ3v) is 5.53. The second-order valence-corrected chi connectivity index (χ2v) is 7.62. The predicted molar refractivity (Wildman–Crippen MR) is 105 cm³/mol. The molecule has 0 atom stereocenters. The summed E-state index contributed by atoms with van der Waals surface area (Å²) in [7, 11) is 0. The van der Waals surface area contributed by atoms with Crippen LogP contribution in [-0.4, -0.2) is 29.9 Å². The number of rotatable bonds is 8. The van der Waals surface area contributed by atoms with Gasteiger partial charge in [-0.15, -0.1) is 11.3 Å². The number of nitrogens with one attached hydrogen (secondary N) is 1. The van der Waals surface area contributed by atoms with Crippen LogP contribution in [0.1, 0.15) is 31.3 Å². The number of esters is 1. The van der Waals surface area contributed by atoms with Gasteiger partial charge in [0.25, 0.3) is 0 Å². The van der Waals surface area contributed by atoms with Crippen LogP contribution >= 0.6 is 34.3 Å². The van der Waals surface area contributed by atoms with E-state index in [0.717, 1.165) is 0 Å². The Hall–Kier alpha value is -2.22. The molecule has 0 saturated heterocycles. The van der Waals surface area contributed by atoms with Gasteiger partial charge in [-0.05, 0) is 30.0 Å². The third kappa shape index (κ3) is 4.69. The summed E-state index contributed by atoms with van der Waals surface area (Å²) in [5, 5.41) is 6.03. The second kappa shape index (κ2) is 8.93. The minimum atomic E-state index is -0.304. The molecule has 8 heteroatoms. The average molecular weight is 407 g/mol. The van der Waals surface area contributed by atoms with Gasteiger partial charge in [-0.1, -0.05) is 41.1 Å². The molecule has 0 aliphatic rings.